The van der Waals surface area contributed by atoms with Crippen LogP contribution in [0.2, 0.25) is 0 Å². The third-order valence-corrected chi connectivity index (χ3v) is 4.37. The molecule has 0 aliphatic carbocycles. The number of rotatable bonds is 2. The maximum atomic E-state index is 9.91. The third kappa shape index (κ3) is 20.8. The average Bonchev–Trinajstić information content (AvgIpc) is 3.10. The predicted molar refractivity (Wildman–Crippen MR) is 112 cm³/mol. The molecular weight excluding hydrogens is 706 g/mol. The van der Waals surface area contributed by atoms with E-state index in [2.05, 4.69) is 55.4 Å². The van der Waals surface area contributed by atoms with Gasteiger partial charge in [0.25, 0.3) is 0 Å². The molecule has 0 bridgehead atoms. The Morgan fingerprint density at radius 1 is 0.556 bits per heavy atom. The first-order valence-corrected chi connectivity index (χ1v) is 18.4. The van der Waals surface area contributed by atoms with Crippen molar-refractivity contribution < 1.29 is 68.1 Å². The molecule has 1 radical (unpaired) electrons. The van der Waals surface area contributed by atoms with E-state index in [9.17, 15) is 41.6 Å². The largest absolute Gasteiger partial charge is 2.00 e. The van der Waals surface area contributed by atoms with Crippen molar-refractivity contribution in [1.29, 1.82) is 0 Å². The number of nitrogens with zero attached hydrogens (tertiary/aromatic N) is 2. The normalized spacial score (nSPS) is 24.8. The van der Waals surface area contributed by atoms with Gasteiger partial charge in [0, 0.05) is 0 Å². The van der Waals surface area contributed by atoms with Crippen LogP contribution in [0.3, 0.4) is 0 Å². The zero-order valence-corrected chi connectivity index (χ0v) is 25.2. The van der Waals surface area contributed by atoms with Crippen molar-refractivity contribution in [1.82, 2.24) is 0 Å². The van der Waals surface area contributed by atoms with Gasteiger partial charge in [-0.25, -0.2) is 9.98 Å². The molecule has 0 aromatic rings. The zero-order chi connectivity index (χ0) is 28.9. The van der Waals surface area contributed by atoms with Crippen LogP contribution in [0.4, 0.5) is 41.6 Å². The van der Waals surface area contributed by atoms with Gasteiger partial charge < -0.3 is 9.47 Å². The molecule has 0 fully saturated rings. The first-order valence-electron chi connectivity index (χ1n) is 9.87. The van der Waals surface area contributed by atoms with Gasteiger partial charge >= 0.3 is 87.0 Å². The average molecular weight is 736 g/mol. The molecule has 2 aliphatic heterocycles. The molecule has 36 heavy (non-hydrogen) atoms. The Bertz CT molecular complexity index is 762. The number of ether oxygens (including phenoxy) is 2. The molecule has 0 N–H and O–H groups in total. The van der Waals surface area contributed by atoms with Crippen LogP contribution in [-0.2, 0) is 26.5 Å². The standard InChI is InChI=1S/C17H30N2O2.2AsF6.Cu/c1-15(2,3)11-9-20-13(18-11)17(7,8)14-19-12(10-21-14)16(4,5)6;2*2-1(3,4,5,6)7;/h11-12H,9-10H2,1-8H3;;;/q;2*-1;+2/t11-,12-;;;/m1.../s1. The molecule has 2 heterocycles. The maximum Gasteiger partial charge on any atom is 2.00 e. The summed E-state index contributed by atoms with van der Waals surface area (Å²) < 4.78 is 131. The van der Waals surface area contributed by atoms with E-state index >= 15 is 0 Å². The molecule has 0 saturated carbocycles. The molecule has 2 atom stereocenters. The van der Waals surface area contributed by atoms with Crippen molar-refractivity contribution in [2.45, 2.75) is 67.5 Å². The molecule has 225 valence electrons. The van der Waals surface area contributed by atoms with Crippen LogP contribution >= 0.6 is 0 Å². The van der Waals surface area contributed by atoms with E-state index in [0.717, 1.165) is 11.8 Å². The minimum atomic E-state index is -11.1. The molecule has 0 unspecified atom stereocenters. The van der Waals surface area contributed by atoms with Crippen LogP contribution in [0.25, 0.3) is 0 Å². The van der Waals surface area contributed by atoms with Crippen LogP contribution in [-0.4, -0.2) is 65.4 Å². The quantitative estimate of drug-likeness (QED) is 0.213. The van der Waals surface area contributed by atoms with Crippen molar-refractivity contribution in [3.8, 4) is 0 Å². The molecular formula is C17H30As2CuF12N2O2. The number of aliphatic imine (C=N–C) groups is 2. The van der Waals surface area contributed by atoms with Crippen LogP contribution in [0.15, 0.2) is 9.98 Å². The molecule has 2 aliphatic rings. The summed E-state index contributed by atoms with van der Waals surface area (Å²) in [6.45, 7) is 18.6. The van der Waals surface area contributed by atoms with Gasteiger partial charge in [-0.1, -0.05) is 41.5 Å². The van der Waals surface area contributed by atoms with Crippen molar-refractivity contribution >= 4 is 40.1 Å². The van der Waals surface area contributed by atoms with Gasteiger partial charge in [-0.2, -0.15) is 0 Å². The van der Waals surface area contributed by atoms with E-state index in [1.54, 1.807) is 0 Å². The first-order chi connectivity index (χ1) is 14.3. The van der Waals surface area contributed by atoms with Crippen LogP contribution in [0.5, 0.6) is 0 Å². The minimum Gasteiger partial charge on any atom is 2.00 e. The van der Waals surface area contributed by atoms with E-state index in [4.69, 9.17) is 19.5 Å². The third-order valence-electron chi connectivity index (χ3n) is 4.37. The smallest absolute Gasteiger partial charge is 2.00 e. The fourth-order valence-corrected chi connectivity index (χ4v) is 2.41. The molecule has 0 amide bonds. The predicted octanol–water partition coefficient (Wildman–Crippen LogP) is 7.98. The van der Waals surface area contributed by atoms with Crippen molar-refractivity contribution in [2.75, 3.05) is 13.2 Å². The van der Waals surface area contributed by atoms with Crippen LogP contribution < -0.4 is 0 Å². The SMILES string of the molecule is CC(C)(C1=N[C@@H](C(C)(C)C)CO1)C1=N[C@@H](C(C)(C)C)CO1.F[As-](F)(F)(F)(F)F.F[As-](F)(F)(F)(F)F.[Cu+2]. The summed E-state index contributed by atoms with van der Waals surface area (Å²) in [5.74, 6) is 1.52. The van der Waals surface area contributed by atoms with Gasteiger partial charge in [-0.05, 0) is 24.7 Å². The van der Waals surface area contributed by atoms with Crippen LogP contribution in [0, 0.1) is 16.2 Å². The maximum absolute atomic E-state index is 11.1. The first kappa shape index (κ1) is 37.9. The molecule has 2 rings (SSSR count). The second-order valence-corrected chi connectivity index (χ2v) is 18.8. The second kappa shape index (κ2) is 9.15. The van der Waals surface area contributed by atoms with Gasteiger partial charge in [0.05, 0.1) is 12.1 Å². The van der Waals surface area contributed by atoms with E-state index < -0.39 is 28.3 Å². The minimum absolute atomic E-state index is 0. The van der Waals surface area contributed by atoms with E-state index in [0.29, 0.717) is 13.2 Å². The zero-order valence-electron chi connectivity index (χ0n) is 20.5. The van der Waals surface area contributed by atoms with Crippen LogP contribution in [0.1, 0.15) is 55.4 Å². The fourth-order valence-electron chi connectivity index (χ4n) is 2.41. The Hall–Kier alpha value is -0.264. The van der Waals surface area contributed by atoms with Crippen molar-refractivity contribution in [3.05, 3.63) is 0 Å². The topological polar surface area (TPSA) is 43.2 Å². The van der Waals surface area contributed by atoms with E-state index in [-0.39, 0.29) is 45.4 Å². The van der Waals surface area contributed by atoms with Gasteiger partial charge in [0.1, 0.15) is 18.6 Å². The van der Waals surface area contributed by atoms with Crippen molar-refractivity contribution in [3.63, 3.8) is 0 Å². The van der Waals surface area contributed by atoms with Gasteiger partial charge in [-0.3, -0.25) is 0 Å². The second-order valence-electron chi connectivity index (χ2n) is 10.8. The Labute approximate surface area is 214 Å². The molecule has 0 aromatic heterocycles. The number of hydrogen-bond donors (Lipinski definition) is 0. The summed E-state index contributed by atoms with van der Waals surface area (Å²) in [6, 6.07) is 0.402. The number of halogens is 12. The Morgan fingerprint density at radius 3 is 0.889 bits per heavy atom. The summed E-state index contributed by atoms with van der Waals surface area (Å²) in [4.78, 5) is 9.59. The molecule has 0 aromatic carbocycles. The summed E-state index contributed by atoms with van der Waals surface area (Å²) >= 11 is -22.1. The van der Waals surface area contributed by atoms with Gasteiger partial charge in [0.15, 0.2) is 11.8 Å². The summed E-state index contributed by atoms with van der Waals surface area (Å²) in [5, 5.41) is 0. The Kier molecular flexibility index (Phi) is 9.63. The molecule has 4 nitrogen and oxygen atoms in total. The fraction of sp³-hybridized carbons (Fsp3) is 0.882. The van der Waals surface area contributed by atoms with Crippen molar-refractivity contribution in [2.24, 2.45) is 26.2 Å². The van der Waals surface area contributed by atoms with Gasteiger partial charge in [-0.15, -0.1) is 0 Å². The summed E-state index contributed by atoms with van der Waals surface area (Å²) in [7, 11) is 0. The van der Waals surface area contributed by atoms with E-state index in [1.165, 1.54) is 0 Å². The van der Waals surface area contributed by atoms with E-state index in [1.807, 2.05) is 0 Å². The summed E-state index contributed by atoms with van der Waals surface area (Å²) in [5.41, 5.74) is -0.158. The Balaban J connectivity index is 0. The number of hydrogen-bond acceptors (Lipinski definition) is 4. The molecule has 0 spiro atoms. The Morgan fingerprint density at radius 2 is 0.750 bits per heavy atom. The molecule has 19 heteroatoms. The van der Waals surface area contributed by atoms with Gasteiger partial charge in [0.2, 0.25) is 0 Å². The summed E-state index contributed by atoms with van der Waals surface area (Å²) in [6.07, 6.45) is 0. The monoisotopic (exact) mass is 735 g/mol. The molecule has 0 saturated heterocycles.